The molecule has 0 amide bonds. The molecule has 1 fully saturated rings. The van der Waals surface area contributed by atoms with Crippen molar-refractivity contribution in [1.82, 2.24) is 39.0 Å². The number of imidazole rings is 1. The van der Waals surface area contributed by atoms with Crippen molar-refractivity contribution in [3.63, 3.8) is 0 Å². The molecule has 11 nitrogen and oxygen atoms in total. The van der Waals surface area contributed by atoms with Gasteiger partial charge in [-0.05, 0) is 31.5 Å². The van der Waals surface area contributed by atoms with Crippen LogP contribution in [0.2, 0.25) is 0 Å². The molecule has 1 aliphatic rings. The third-order valence-electron chi connectivity index (χ3n) is 5.95. The number of nitrogens with one attached hydrogen (secondary N) is 1. The molecule has 1 atom stereocenters. The van der Waals surface area contributed by atoms with E-state index in [0.29, 0.717) is 35.8 Å². The van der Waals surface area contributed by atoms with Crippen LogP contribution in [0.5, 0.6) is 0 Å². The third-order valence-corrected chi connectivity index (χ3v) is 5.95. The van der Waals surface area contributed by atoms with Crippen molar-refractivity contribution in [2.75, 3.05) is 43.9 Å². The van der Waals surface area contributed by atoms with Gasteiger partial charge in [0.05, 0.1) is 36.7 Å². The number of nitrogen functional groups attached to an aromatic ring is 1. The monoisotopic (exact) mass is 484 g/mol. The first kappa shape index (κ1) is 23.1. The molecule has 4 aromatic heterocycles. The Kier molecular flexibility index (Phi) is 6.51. The van der Waals surface area contributed by atoms with Crippen molar-refractivity contribution in [2.24, 2.45) is 0 Å². The number of hydrogen-bond acceptors (Lipinski definition) is 9. The lowest BCUT2D eigenvalue weighted by Gasteiger charge is -2.28. The van der Waals surface area contributed by atoms with Gasteiger partial charge in [0.15, 0.2) is 5.82 Å². The summed E-state index contributed by atoms with van der Waals surface area (Å²) in [6.45, 7) is 2.90. The number of morpholine rings is 1. The van der Waals surface area contributed by atoms with Crippen LogP contribution in [0.3, 0.4) is 0 Å². The van der Waals surface area contributed by atoms with E-state index in [4.69, 9.17) is 10.5 Å². The van der Waals surface area contributed by atoms with Crippen LogP contribution in [-0.4, -0.2) is 71.9 Å². The normalized spacial score (nSPS) is 15.7. The van der Waals surface area contributed by atoms with Crippen LogP contribution in [0.25, 0.3) is 16.9 Å². The molecule has 0 saturated carbocycles. The number of ether oxygens (including phenoxy) is 1. The molecule has 3 N–H and O–H groups in total. The Morgan fingerprint density at radius 1 is 1.14 bits per heavy atom. The Morgan fingerprint density at radius 3 is 2.74 bits per heavy atom. The van der Waals surface area contributed by atoms with Gasteiger partial charge < -0.3 is 20.2 Å². The highest BCUT2D eigenvalue weighted by atomic mass is 19.3. The van der Waals surface area contributed by atoms with Gasteiger partial charge in [-0.2, -0.15) is 28.8 Å². The quantitative estimate of drug-likeness (QED) is 0.388. The van der Waals surface area contributed by atoms with E-state index in [1.807, 2.05) is 29.7 Å². The molecule has 0 radical (unpaired) electrons. The minimum absolute atomic E-state index is 0.0463. The Labute approximate surface area is 200 Å². The average molecular weight is 485 g/mol. The number of pyridine rings is 1. The molecule has 0 unspecified atom stereocenters. The minimum atomic E-state index is -2.72. The highest BCUT2D eigenvalue weighted by molar-refractivity contribution is 5.61. The summed E-state index contributed by atoms with van der Waals surface area (Å²) in [5, 5.41) is 7.30. The summed E-state index contributed by atoms with van der Waals surface area (Å²) >= 11 is 0. The smallest absolute Gasteiger partial charge is 0.333 e. The number of aromatic nitrogens is 7. The van der Waals surface area contributed by atoms with Crippen LogP contribution < -0.4 is 11.1 Å². The van der Waals surface area contributed by atoms with Crippen molar-refractivity contribution < 1.29 is 13.5 Å². The van der Waals surface area contributed by atoms with Crippen LogP contribution in [0.15, 0.2) is 36.8 Å². The lowest BCUT2D eigenvalue weighted by atomic mass is 10.1. The van der Waals surface area contributed by atoms with E-state index in [1.165, 1.54) is 6.20 Å². The van der Waals surface area contributed by atoms with E-state index in [2.05, 4.69) is 35.3 Å². The SMILES string of the molecule is Cc1ncc2ccc(-c3nc(N)nc(N[C@H](CCN4CCOCC4)c4ccn(C(F)F)n4)n3)cn12. The van der Waals surface area contributed by atoms with Gasteiger partial charge in [-0.15, -0.1) is 0 Å². The predicted molar refractivity (Wildman–Crippen MR) is 125 cm³/mol. The molecule has 4 aromatic rings. The van der Waals surface area contributed by atoms with E-state index in [9.17, 15) is 8.78 Å². The number of aryl methyl sites for hydroxylation is 1. The predicted octanol–water partition coefficient (Wildman–Crippen LogP) is 2.54. The molecule has 35 heavy (non-hydrogen) atoms. The van der Waals surface area contributed by atoms with Gasteiger partial charge in [-0.3, -0.25) is 4.90 Å². The van der Waals surface area contributed by atoms with E-state index >= 15 is 0 Å². The first-order valence-electron chi connectivity index (χ1n) is 11.3. The van der Waals surface area contributed by atoms with Crippen molar-refractivity contribution in [3.8, 4) is 11.4 Å². The number of nitrogens with two attached hydrogens (primary N) is 1. The summed E-state index contributed by atoms with van der Waals surface area (Å²) in [5.74, 6) is 1.51. The standard InChI is InChI=1S/C22H26F2N10O/c1-14-26-12-16-3-2-15(13-33(14)16)19-28-21(25)30-22(29-19)27-17(4-6-32-8-10-35-11-9-32)18-5-7-34(31-18)20(23)24/h2-3,5,7,12-13,17,20H,4,6,8-11H2,1H3,(H3,25,27,28,29,30)/t17-/m1/s1. The number of alkyl halides is 2. The summed E-state index contributed by atoms with van der Waals surface area (Å²) in [5.41, 5.74) is 8.16. The van der Waals surface area contributed by atoms with Gasteiger partial charge in [0.2, 0.25) is 11.9 Å². The number of anilines is 2. The number of nitrogens with zero attached hydrogens (tertiary/aromatic N) is 8. The largest absolute Gasteiger partial charge is 0.379 e. The molecule has 13 heteroatoms. The van der Waals surface area contributed by atoms with E-state index in [-0.39, 0.29) is 11.9 Å². The summed E-state index contributed by atoms with van der Waals surface area (Å²) in [4.78, 5) is 19.7. The molecular formula is C22H26F2N10O. The van der Waals surface area contributed by atoms with E-state index < -0.39 is 12.6 Å². The van der Waals surface area contributed by atoms with Crippen LogP contribution in [0.1, 0.15) is 30.5 Å². The fourth-order valence-corrected chi connectivity index (χ4v) is 4.07. The molecule has 0 aromatic carbocycles. The number of halogens is 2. The van der Waals surface area contributed by atoms with Crippen molar-refractivity contribution in [3.05, 3.63) is 48.3 Å². The molecule has 1 saturated heterocycles. The molecule has 1 aliphatic heterocycles. The molecule has 5 rings (SSSR count). The second kappa shape index (κ2) is 9.88. The van der Waals surface area contributed by atoms with Gasteiger partial charge in [-0.25, -0.2) is 9.67 Å². The van der Waals surface area contributed by atoms with E-state index in [1.54, 1.807) is 12.3 Å². The lowest BCUT2D eigenvalue weighted by Crippen LogP contribution is -2.37. The van der Waals surface area contributed by atoms with Crippen molar-refractivity contribution in [2.45, 2.75) is 25.9 Å². The van der Waals surface area contributed by atoms with E-state index in [0.717, 1.165) is 36.5 Å². The lowest BCUT2D eigenvalue weighted by molar-refractivity contribution is 0.0366. The van der Waals surface area contributed by atoms with Gasteiger partial charge in [0.25, 0.3) is 0 Å². The summed E-state index contributed by atoms with van der Waals surface area (Å²) < 4.78 is 34.3. The molecule has 5 heterocycles. The maximum absolute atomic E-state index is 13.2. The zero-order chi connectivity index (χ0) is 24.4. The highest BCUT2D eigenvalue weighted by Gasteiger charge is 2.21. The maximum atomic E-state index is 13.2. The van der Waals surface area contributed by atoms with Crippen LogP contribution in [-0.2, 0) is 4.74 Å². The second-order valence-electron chi connectivity index (χ2n) is 8.30. The van der Waals surface area contributed by atoms with Crippen molar-refractivity contribution >= 4 is 17.4 Å². The van der Waals surface area contributed by atoms with Gasteiger partial charge in [0, 0.05) is 37.6 Å². The van der Waals surface area contributed by atoms with Gasteiger partial charge in [0.1, 0.15) is 5.82 Å². The fourth-order valence-electron chi connectivity index (χ4n) is 4.07. The minimum Gasteiger partial charge on any atom is -0.379 e. The maximum Gasteiger partial charge on any atom is 0.333 e. The molecule has 0 bridgehead atoms. The third kappa shape index (κ3) is 5.20. The molecule has 184 valence electrons. The average Bonchev–Trinajstić information content (AvgIpc) is 3.49. The van der Waals surface area contributed by atoms with Gasteiger partial charge in [-0.1, -0.05) is 0 Å². The molecular weight excluding hydrogens is 458 g/mol. The zero-order valence-corrected chi connectivity index (χ0v) is 19.2. The van der Waals surface area contributed by atoms with Gasteiger partial charge >= 0.3 is 6.55 Å². The summed E-state index contributed by atoms with van der Waals surface area (Å²) in [7, 11) is 0. The zero-order valence-electron chi connectivity index (χ0n) is 19.2. The summed E-state index contributed by atoms with van der Waals surface area (Å²) in [6.07, 6.45) is 5.53. The molecule has 0 aliphatic carbocycles. The summed E-state index contributed by atoms with van der Waals surface area (Å²) in [6, 6.07) is 4.97. The first-order valence-corrected chi connectivity index (χ1v) is 11.3. The highest BCUT2D eigenvalue weighted by Crippen LogP contribution is 2.24. The number of hydrogen-bond donors (Lipinski definition) is 2. The number of fused-ring (bicyclic) bond motifs is 1. The van der Waals surface area contributed by atoms with Crippen LogP contribution in [0.4, 0.5) is 20.7 Å². The Bertz CT molecular complexity index is 1300. The first-order chi connectivity index (χ1) is 17.0. The van der Waals surface area contributed by atoms with Crippen LogP contribution in [0, 0.1) is 6.92 Å². The number of rotatable bonds is 8. The topological polar surface area (TPSA) is 124 Å². The second-order valence-corrected chi connectivity index (χ2v) is 8.30. The Balaban J connectivity index is 1.42. The van der Waals surface area contributed by atoms with Crippen LogP contribution >= 0.6 is 0 Å². The van der Waals surface area contributed by atoms with Crippen molar-refractivity contribution in [1.29, 1.82) is 0 Å². The Morgan fingerprint density at radius 2 is 1.97 bits per heavy atom. The fraction of sp³-hybridized carbons (Fsp3) is 0.409. The Hall–Kier alpha value is -3.71. The molecule has 0 spiro atoms.